The largest absolute Gasteiger partial charge is 0.207 e. The topological polar surface area (TPSA) is 0 Å². The fourth-order valence-electron chi connectivity index (χ4n) is 4.28. The Bertz CT molecular complexity index is 1240. The molecule has 0 atom stereocenters. The molecule has 144 valence electrons. The molecule has 1 aromatic heterocycles. The van der Waals surface area contributed by atoms with Crippen molar-refractivity contribution in [2.45, 2.75) is 19.3 Å². The minimum atomic E-state index is -0.256. The number of rotatable bonds is 2. The van der Waals surface area contributed by atoms with Gasteiger partial charge in [0.1, 0.15) is 11.6 Å². The zero-order valence-corrected chi connectivity index (χ0v) is 17.5. The molecule has 0 radical (unpaired) electrons. The second kappa shape index (κ2) is 6.51. The van der Waals surface area contributed by atoms with E-state index in [0.29, 0.717) is 5.02 Å². The van der Waals surface area contributed by atoms with Crippen molar-refractivity contribution in [3.8, 4) is 32.0 Å². The molecule has 29 heavy (non-hydrogen) atoms. The Morgan fingerprint density at radius 2 is 1.31 bits per heavy atom. The van der Waals surface area contributed by atoms with E-state index in [-0.39, 0.29) is 17.0 Å². The molecule has 0 aliphatic heterocycles. The lowest BCUT2D eigenvalue weighted by Gasteiger charge is -2.22. The van der Waals surface area contributed by atoms with Crippen molar-refractivity contribution in [3.05, 3.63) is 94.5 Å². The Kier molecular flexibility index (Phi) is 4.16. The predicted octanol–water partition coefficient (Wildman–Crippen LogP) is 8.32. The van der Waals surface area contributed by atoms with Crippen LogP contribution in [0.5, 0.6) is 0 Å². The minimum absolute atomic E-state index is 0.255. The summed E-state index contributed by atoms with van der Waals surface area (Å²) in [5.41, 5.74) is 6.40. The molecule has 3 aromatic carbocycles. The molecule has 0 N–H and O–H groups in total. The minimum Gasteiger partial charge on any atom is -0.207 e. The van der Waals surface area contributed by atoms with Gasteiger partial charge in [-0.25, -0.2) is 8.78 Å². The highest BCUT2D eigenvalue weighted by Gasteiger charge is 2.41. The summed E-state index contributed by atoms with van der Waals surface area (Å²) in [7, 11) is 0. The molecule has 0 fully saturated rings. The monoisotopic (exact) mass is 422 g/mol. The van der Waals surface area contributed by atoms with E-state index < -0.39 is 0 Å². The van der Waals surface area contributed by atoms with Crippen molar-refractivity contribution in [3.63, 3.8) is 0 Å². The molecule has 0 spiro atoms. The summed E-state index contributed by atoms with van der Waals surface area (Å²) in [5.74, 6) is -0.511. The fourth-order valence-corrected chi connectivity index (χ4v) is 5.94. The number of thiophene rings is 1. The van der Waals surface area contributed by atoms with E-state index in [1.807, 2.05) is 36.4 Å². The lowest BCUT2D eigenvalue weighted by atomic mass is 9.81. The first-order chi connectivity index (χ1) is 13.9. The van der Waals surface area contributed by atoms with E-state index in [9.17, 15) is 8.78 Å². The maximum Gasteiger partial charge on any atom is 0.123 e. The average Bonchev–Trinajstić information content (AvgIpc) is 3.19. The van der Waals surface area contributed by atoms with Gasteiger partial charge in [0.15, 0.2) is 0 Å². The van der Waals surface area contributed by atoms with E-state index in [2.05, 4.69) is 19.9 Å². The predicted molar refractivity (Wildman–Crippen MR) is 118 cm³/mol. The van der Waals surface area contributed by atoms with Gasteiger partial charge in [0.05, 0.1) is 0 Å². The molecular weight excluding hydrogens is 406 g/mol. The highest BCUT2D eigenvalue weighted by Crippen LogP contribution is 2.59. The molecule has 0 nitrogen and oxygen atoms in total. The van der Waals surface area contributed by atoms with Crippen molar-refractivity contribution in [2.75, 3.05) is 0 Å². The number of hydrogen-bond donors (Lipinski definition) is 0. The van der Waals surface area contributed by atoms with Gasteiger partial charge in [0.2, 0.25) is 0 Å². The van der Waals surface area contributed by atoms with Gasteiger partial charge in [0, 0.05) is 25.8 Å². The first kappa shape index (κ1) is 18.5. The molecule has 0 saturated carbocycles. The molecule has 5 rings (SSSR count). The second-order valence-electron chi connectivity index (χ2n) is 7.84. The molecule has 0 bridgehead atoms. The number of benzene rings is 3. The molecule has 0 amide bonds. The Balaban J connectivity index is 1.85. The normalized spacial score (nSPS) is 14.0. The Morgan fingerprint density at radius 3 is 1.90 bits per heavy atom. The zero-order chi connectivity index (χ0) is 20.3. The molecule has 4 heteroatoms. The lowest BCUT2D eigenvalue weighted by molar-refractivity contribution is 0.627. The van der Waals surface area contributed by atoms with Gasteiger partial charge >= 0.3 is 0 Å². The van der Waals surface area contributed by atoms with Crippen molar-refractivity contribution < 1.29 is 8.78 Å². The molecule has 1 aliphatic rings. The first-order valence-corrected chi connectivity index (χ1v) is 10.6. The van der Waals surface area contributed by atoms with Crippen LogP contribution in [0.4, 0.5) is 8.78 Å². The summed E-state index contributed by atoms with van der Waals surface area (Å²) < 4.78 is 27.1. The van der Waals surface area contributed by atoms with Gasteiger partial charge in [-0.3, -0.25) is 0 Å². The Morgan fingerprint density at radius 1 is 0.759 bits per heavy atom. The SMILES string of the molecule is CC1(C)c2cc(Cl)ccc2-c2c(-c3ccc(F)cc3)sc(-c3ccc(F)cc3)c21. The van der Waals surface area contributed by atoms with Gasteiger partial charge in [-0.2, -0.15) is 0 Å². The van der Waals surface area contributed by atoms with Crippen LogP contribution < -0.4 is 0 Å². The van der Waals surface area contributed by atoms with Crippen LogP contribution >= 0.6 is 22.9 Å². The van der Waals surface area contributed by atoms with Crippen LogP contribution in [0.2, 0.25) is 5.02 Å². The highest BCUT2D eigenvalue weighted by atomic mass is 35.5. The van der Waals surface area contributed by atoms with Crippen LogP contribution in [0.25, 0.3) is 32.0 Å². The summed E-state index contributed by atoms with van der Waals surface area (Å²) >= 11 is 8.00. The van der Waals surface area contributed by atoms with Crippen LogP contribution in [0.3, 0.4) is 0 Å². The standard InChI is InChI=1S/C25H17ClF2S/c1-25(2)20-13-16(26)7-12-19(20)21-22(25)24(15-5-10-18(28)11-6-15)29-23(21)14-3-8-17(27)9-4-14/h3-13H,1-2H3. The number of fused-ring (bicyclic) bond motifs is 3. The summed E-state index contributed by atoms with van der Waals surface area (Å²) in [6.07, 6.45) is 0. The average molecular weight is 423 g/mol. The summed E-state index contributed by atoms with van der Waals surface area (Å²) in [6, 6.07) is 19.2. The first-order valence-electron chi connectivity index (χ1n) is 9.36. The third-order valence-corrected chi connectivity index (χ3v) is 7.19. The summed E-state index contributed by atoms with van der Waals surface area (Å²) in [4.78, 5) is 2.20. The molecular formula is C25H17ClF2S. The smallest absolute Gasteiger partial charge is 0.123 e. The molecule has 0 saturated heterocycles. The fraction of sp³-hybridized carbons (Fsp3) is 0.120. The molecule has 4 aromatic rings. The Labute approximate surface area is 177 Å². The van der Waals surface area contributed by atoms with Crippen LogP contribution in [0.15, 0.2) is 66.7 Å². The van der Waals surface area contributed by atoms with E-state index in [1.54, 1.807) is 11.3 Å². The van der Waals surface area contributed by atoms with Gasteiger partial charge < -0.3 is 0 Å². The zero-order valence-electron chi connectivity index (χ0n) is 15.9. The summed E-state index contributed by atoms with van der Waals surface area (Å²) in [5, 5.41) is 0.706. The maximum absolute atomic E-state index is 13.5. The number of hydrogen-bond acceptors (Lipinski definition) is 1. The summed E-state index contributed by atoms with van der Waals surface area (Å²) in [6.45, 7) is 4.39. The van der Waals surface area contributed by atoms with Crippen LogP contribution in [-0.2, 0) is 5.41 Å². The van der Waals surface area contributed by atoms with Gasteiger partial charge in [-0.15, -0.1) is 11.3 Å². The van der Waals surface area contributed by atoms with E-state index in [1.165, 1.54) is 35.4 Å². The third kappa shape index (κ3) is 2.84. The van der Waals surface area contributed by atoms with Crippen LogP contribution in [-0.4, -0.2) is 0 Å². The van der Waals surface area contributed by atoms with Crippen LogP contribution in [0, 0.1) is 11.6 Å². The van der Waals surface area contributed by atoms with Crippen molar-refractivity contribution in [1.29, 1.82) is 0 Å². The molecule has 1 heterocycles. The van der Waals surface area contributed by atoms with E-state index >= 15 is 0 Å². The van der Waals surface area contributed by atoms with Crippen LogP contribution in [0.1, 0.15) is 25.0 Å². The molecule has 1 aliphatic carbocycles. The van der Waals surface area contributed by atoms with Crippen molar-refractivity contribution in [1.82, 2.24) is 0 Å². The van der Waals surface area contributed by atoms with E-state index in [0.717, 1.165) is 32.0 Å². The van der Waals surface area contributed by atoms with Gasteiger partial charge in [-0.05, 0) is 64.2 Å². The van der Waals surface area contributed by atoms with Crippen molar-refractivity contribution >= 4 is 22.9 Å². The van der Waals surface area contributed by atoms with E-state index in [4.69, 9.17) is 11.6 Å². The Hall–Kier alpha value is -2.49. The number of halogens is 3. The van der Waals surface area contributed by atoms with Gasteiger partial charge in [-0.1, -0.05) is 55.8 Å². The quantitative estimate of drug-likeness (QED) is 0.304. The third-order valence-electron chi connectivity index (χ3n) is 5.67. The van der Waals surface area contributed by atoms with Crippen molar-refractivity contribution in [2.24, 2.45) is 0 Å². The maximum atomic E-state index is 13.5. The molecule has 0 unspecified atom stereocenters. The lowest BCUT2D eigenvalue weighted by Crippen LogP contribution is -2.15. The highest BCUT2D eigenvalue weighted by molar-refractivity contribution is 7.19. The van der Waals surface area contributed by atoms with Gasteiger partial charge in [0.25, 0.3) is 0 Å². The second-order valence-corrected chi connectivity index (χ2v) is 9.30.